The first-order chi connectivity index (χ1) is 10.1. The van der Waals surface area contributed by atoms with Gasteiger partial charge in [0.2, 0.25) is 0 Å². The van der Waals surface area contributed by atoms with E-state index in [0.29, 0.717) is 0 Å². The van der Waals surface area contributed by atoms with Crippen LogP contribution in [0, 0.1) is 10.1 Å². The fraction of sp³-hybridized carbons (Fsp3) is 0.417. The summed E-state index contributed by atoms with van der Waals surface area (Å²) in [6.45, 7) is 0. The van der Waals surface area contributed by atoms with Gasteiger partial charge >= 0.3 is 12.1 Å². The molecule has 1 saturated heterocycles. The topological polar surface area (TPSA) is 92.5 Å². The molecule has 22 heavy (non-hydrogen) atoms. The molecule has 3 atom stereocenters. The van der Waals surface area contributed by atoms with Crippen LogP contribution in [0.1, 0.15) is 17.9 Å². The van der Waals surface area contributed by atoms with E-state index in [4.69, 9.17) is 16.7 Å². The zero-order valence-corrected chi connectivity index (χ0v) is 11.6. The standard InChI is InChI=1S/C12H10ClF3N2O4/c13-7-3-5(1-2-9(7)18(21)22)6-4-8(11(19)20)17-10(6)12(14,15)16/h1-3,6,8,10,17H,4H2,(H,19,20)/t6?,8-,10+/m0/s1. The molecule has 2 rings (SSSR count). The minimum atomic E-state index is -4.65. The fourth-order valence-corrected chi connectivity index (χ4v) is 2.77. The minimum absolute atomic E-state index is 0.106. The van der Waals surface area contributed by atoms with Gasteiger partial charge in [-0.3, -0.25) is 20.2 Å². The van der Waals surface area contributed by atoms with Crippen molar-refractivity contribution in [2.75, 3.05) is 0 Å². The van der Waals surface area contributed by atoms with E-state index in [-0.39, 0.29) is 17.0 Å². The molecule has 0 amide bonds. The molecule has 0 spiro atoms. The van der Waals surface area contributed by atoms with Crippen LogP contribution in [0.15, 0.2) is 18.2 Å². The number of carboxylic acid groups (broad SMARTS) is 1. The van der Waals surface area contributed by atoms with E-state index < -0.39 is 40.8 Å². The van der Waals surface area contributed by atoms with E-state index in [1.54, 1.807) is 0 Å². The highest BCUT2D eigenvalue weighted by Gasteiger charge is 2.52. The largest absolute Gasteiger partial charge is 0.480 e. The Morgan fingerprint density at radius 2 is 2.09 bits per heavy atom. The lowest BCUT2D eigenvalue weighted by Crippen LogP contribution is -2.44. The maximum atomic E-state index is 13.0. The molecule has 1 aromatic rings. The third kappa shape index (κ3) is 3.14. The Labute approximate surface area is 127 Å². The van der Waals surface area contributed by atoms with Crippen molar-refractivity contribution in [2.45, 2.75) is 30.6 Å². The zero-order chi connectivity index (χ0) is 16.7. The van der Waals surface area contributed by atoms with Crippen molar-refractivity contribution >= 4 is 23.3 Å². The molecule has 0 saturated carbocycles. The van der Waals surface area contributed by atoms with E-state index >= 15 is 0 Å². The summed E-state index contributed by atoms with van der Waals surface area (Å²) in [6, 6.07) is -0.134. The number of nitro benzene ring substituents is 1. The molecule has 2 N–H and O–H groups in total. The number of carbonyl (C=O) groups is 1. The molecular weight excluding hydrogens is 329 g/mol. The van der Waals surface area contributed by atoms with Crippen LogP contribution in [0.25, 0.3) is 0 Å². The van der Waals surface area contributed by atoms with Gasteiger partial charge in [0.25, 0.3) is 5.69 Å². The predicted molar refractivity (Wildman–Crippen MR) is 69.9 cm³/mol. The Bertz CT molecular complexity index is 623. The first kappa shape index (κ1) is 16.5. The molecule has 10 heteroatoms. The quantitative estimate of drug-likeness (QED) is 0.653. The summed E-state index contributed by atoms with van der Waals surface area (Å²) in [5.41, 5.74) is -0.316. The molecule has 1 aromatic carbocycles. The lowest BCUT2D eigenvalue weighted by molar-refractivity contribution is -0.384. The SMILES string of the molecule is O=C(O)[C@@H]1CC(c2ccc([N+](=O)[O-])c(Cl)c2)[C@H](C(F)(F)F)N1. The number of nitro groups is 1. The van der Waals surface area contributed by atoms with Crippen LogP contribution in [-0.4, -0.2) is 34.3 Å². The van der Waals surface area contributed by atoms with E-state index in [9.17, 15) is 28.1 Å². The van der Waals surface area contributed by atoms with Gasteiger partial charge < -0.3 is 5.11 Å². The maximum Gasteiger partial charge on any atom is 0.404 e. The molecule has 0 aliphatic carbocycles. The number of benzene rings is 1. The first-order valence-electron chi connectivity index (χ1n) is 6.10. The van der Waals surface area contributed by atoms with Crippen molar-refractivity contribution < 1.29 is 28.0 Å². The minimum Gasteiger partial charge on any atom is -0.480 e. The highest BCUT2D eigenvalue weighted by molar-refractivity contribution is 6.32. The van der Waals surface area contributed by atoms with Gasteiger partial charge in [-0.15, -0.1) is 0 Å². The number of nitrogens with zero attached hydrogens (tertiary/aromatic N) is 1. The molecule has 6 nitrogen and oxygen atoms in total. The second-order valence-corrected chi connectivity index (χ2v) is 5.29. The number of hydrogen-bond acceptors (Lipinski definition) is 4. The van der Waals surface area contributed by atoms with Gasteiger partial charge in [-0.1, -0.05) is 17.7 Å². The predicted octanol–water partition coefficient (Wildman–Crippen LogP) is 2.71. The Balaban J connectivity index is 2.38. The molecule has 120 valence electrons. The van der Waals surface area contributed by atoms with E-state index in [0.717, 1.165) is 12.1 Å². The van der Waals surface area contributed by atoms with Gasteiger partial charge in [-0.2, -0.15) is 13.2 Å². The highest BCUT2D eigenvalue weighted by atomic mass is 35.5. The summed E-state index contributed by atoms with van der Waals surface area (Å²) in [5, 5.41) is 21.3. The van der Waals surface area contributed by atoms with Crippen LogP contribution in [0.5, 0.6) is 0 Å². The molecule has 0 bridgehead atoms. The van der Waals surface area contributed by atoms with Crippen LogP contribution in [-0.2, 0) is 4.79 Å². The van der Waals surface area contributed by atoms with Gasteiger partial charge in [-0.25, -0.2) is 0 Å². The average Bonchev–Trinajstić information content (AvgIpc) is 2.83. The van der Waals surface area contributed by atoms with Crippen molar-refractivity contribution in [1.82, 2.24) is 5.32 Å². The molecule has 1 heterocycles. The van der Waals surface area contributed by atoms with Gasteiger partial charge in [0.15, 0.2) is 0 Å². The van der Waals surface area contributed by atoms with Crippen molar-refractivity contribution in [3.8, 4) is 0 Å². The average molecular weight is 339 g/mol. The van der Waals surface area contributed by atoms with Crippen molar-refractivity contribution in [2.24, 2.45) is 0 Å². The molecule has 1 fully saturated rings. The second-order valence-electron chi connectivity index (χ2n) is 4.89. The summed E-state index contributed by atoms with van der Waals surface area (Å²) in [6.07, 6.45) is -4.93. The van der Waals surface area contributed by atoms with Gasteiger partial charge in [0, 0.05) is 12.0 Å². The zero-order valence-electron chi connectivity index (χ0n) is 10.8. The highest BCUT2D eigenvalue weighted by Crippen LogP contribution is 2.41. The Kier molecular flexibility index (Phi) is 4.30. The lowest BCUT2D eigenvalue weighted by Gasteiger charge is -2.22. The third-order valence-electron chi connectivity index (χ3n) is 3.52. The fourth-order valence-electron chi connectivity index (χ4n) is 2.52. The normalized spacial score (nSPS) is 25.2. The van der Waals surface area contributed by atoms with Crippen LogP contribution in [0.4, 0.5) is 18.9 Å². The number of carboxylic acids is 1. The van der Waals surface area contributed by atoms with E-state index in [1.165, 1.54) is 6.07 Å². The second kappa shape index (κ2) is 5.73. The maximum absolute atomic E-state index is 13.0. The smallest absolute Gasteiger partial charge is 0.404 e. The Morgan fingerprint density at radius 3 is 2.55 bits per heavy atom. The number of alkyl halides is 3. The molecule has 0 aromatic heterocycles. The lowest BCUT2D eigenvalue weighted by atomic mass is 9.90. The Morgan fingerprint density at radius 1 is 1.45 bits per heavy atom. The Hall–Kier alpha value is -1.87. The summed E-state index contributed by atoms with van der Waals surface area (Å²) < 4.78 is 39.1. The van der Waals surface area contributed by atoms with Crippen LogP contribution in [0.3, 0.4) is 0 Å². The summed E-state index contributed by atoms with van der Waals surface area (Å²) in [4.78, 5) is 20.8. The summed E-state index contributed by atoms with van der Waals surface area (Å²) >= 11 is 5.70. The van der Waals surface area contributed by atoms with Crippen LogP contribution < -0.4 is 5.32 Å². The monoisotopic (exact) mass is 338 g/mol. The molecular formula is C12H10ClF3N2O4. The number of nitrogens with one attached hydrogen (secondary N) is 1. The molecule has 1 aliphatic rings. The van der Waals surface area contributed by atoms with Crippen LogP contribution in [0.2, 0.25) is 5.02 Å². The van der Waals surface area contributed by atoms with Gasteiger partial charge in [-0.05, 0) is 18.1 Å². The molecule has 1 unspecified atom stereocenters. The number of aliphatic carboxylic acids is 1. The number of hydrogen-bond donors (Lipinski definition) is 2. The first-order valence-corrected chi connectivity index (χ1v) is 6.48. The van der Waals surface area contributed by atoms with Crippen molar-refractivity contribution in [1.29, 1.82) is 0 Å². The van der Waals surface area contributed by atoms with E-state index in [2.05, 4.69) is 0 Å². The summed E-state index contributed by atoms with van der Waals surface area (Å²) in [7, 11) is 0. The van der Waals surface area contributed by atoms with E-state index in [1.807, 2.05) is 5.32 Å². The van der Waals surface area contributed by atoms with Crippen molar-refractivity contribution in [3.63, 3.8) is 0 Å². The van der Waals surface area contributed by atoms with Crippen molar-refractivity contribution in [3.05, 3.63) is 38.9 Å². The molecule has 1 aliphatic heterocycles. The van der Waals surface area contributed by atoms with Gasteiger partial charge in [0.1, 0.15) is 17.1 Å². The summed E-state index contributed by atoms with van der Waals surface area (Å²) in [5.74, 6) is -2.57. The number of halogens is 4. The molecule has 0 radical (unpaired) electrons. The number of rotatable bonds is 3. The van der Waals surface area contributed by atoms with Crippen LogP contribution >= 0.6 is 11.6 Å². The van der Waals surface area contributed by atoms with Gasteiger partial charge in [0.05, 0.1) is 4.92 Å². The third-order valence-corrected chi connectivity index (χ3v) is 3.82.